The van der Waals surface area contributed by atoms with Gasteiger partial charge in [0, 0.05) is 43.1 Å². The van der Waals surface area contributed by atoms with Crippen LogP contribution in [-0.2, 0) is 0 Å². The minimum Gasteiger partial charge on any atom is -0.368 e. The van der Waals surface area contributed by atoms with Crippen LogP contribution in [0.1, 0.15) is 10.4 Å². The average molecular weight is 413 g/mol. The molecule has 1 aliphatic rings. The molecule has 28 heavy (non-hydrogen) atoms. The fourth-order valence-electron chi connectivity index (χ4n) is 3.71. The largest absolute Gasteiger partial charge is 0.368 e. The molecule has 6 nitrogen and oxygen atoms in total. The van der Waals surface area contributed by atoms with Crippen molar-refractivity contribution in [2.45, 2.75) is 0 Å². The third kappa shape index (κ3) is 2.87. The molecule has 1 N–H and O–H groups in total. The Balaban J connectivity index is 1.37. The number of hydrogen-bond acceptors (Lipinski definition) is 4. The Bertz CT molecular complexity index is 1230. The van der Waals surface area contributed by atoms with Gasteiger partial charge in [-0.25, -0.2) is 0 Å². The number of rotatable bonds is 2. The van der Waals surface area contributed by atoms with Crippen molar-refractivity contribution >= 4 is 50.4 Å². The number of thiophene rings is 1. The van der Waals surface area contributed by atoms with Gasteiger partial charge in [-0.2, -0.15) is 0 Å². The summed E-state index contributed by atoms with van der Waals surface area (Å²) in [7, 11) is 0. The van der Waals surface area contributed by atoms with Gasteiger partial charge in [0.15, 0.2) is 0 Å². The van der Waals surface area contributed by atoms with E-state index in [4.69, 9.17) is 11.6 Å². The maximum absolute atomic E-state index is 13.0. The summed E-state index contributed by atoms with van der Waals surface area (Å²) in [5.41, 5.74) is 3.05. The van der Waals surface area contributed by atoms with Crippen LogP contribution >= 0.6 is 22.9 Å². The normalized spacial score (nSPS) is 14.9. The molecular formula is C20H17ClN4O2S. The van der Waals surface area contributed by atoms with Crippen LogP contribution in [0.2, 0.25) is 5.02 Å². The van der Waals surface area contributed by atoms with Crippen LogP contribution in [0, 0.1) is 0 Å². The minimum atomic E-state index is -0.119. The van der Waals surface area contributed by atoms with Crippen molar-refractivity contribution < 1.29 is 4.79 Å². The van der Waals surface area contributed by atoms with Crippen molar-refractivity contribution in [3.05, 3.63) is 68.9 Å². The van der Waals surface area contributed by atoms with Gasteiger partial charge in [-0.1, -0.05) is 11.6 Å². The van der Waals surface area contributed by atoms with Crippen LogP contribution in [0.25, 0.3) is 15.9 Å². The smallest absolute Gasteiger partial charge is 0.269 e. The van der Waals surface area contributed by atoms with Gasteiger partial charge < -0.3 is 19.2 Å². The van der Waals surface area contributed by atoms with Crippen LogP contribution in [0.4, 0.5) is 5.69 Å². The predicted molar refractivity (Wildman–Crippen MR) is 113 cm³/mol. The van der Waals surface area contributed by atoms with E-state index in [0.29, 0.717) is 29.0 Å². The Morgan fingerprint density at radius 2 is 1.82 bits per heavy atom. The average Bonchev–Trinajstić information content (AvgIpc) is 3.35. The maximum Gasteiger partial charge on any atom is 0.269 e. The monoisotopic (exact) mass is 412 g/mol. The number of carbonyl (C=O) groups excluding carboxylic acids is 1. The second kappa shape index (κ2) is 6.68. The first kappa shape index (κ1) is 17.3. The number of H-pyrrole nitrogens is 1. The van der Waals surface area contributed by atoms with Crippen molar-refractivity contribution in [2.75, 3.05) is 31.1 Å². The molecule has 1 aliphatic heterocycles. The standard InChI is InChI=1S/C20H17ClN4O2S/c21-14-1-3-15(4-2-14)23-6-8-24(9-7-23)20(27)13-11-17-22-19(26)18-16(5-10-28-18)25(17)12-13/h1-5,10-12H,6-9H2,(H,22,26). The van der Waals surface area contributed by atoms with Gasteiger partial charge in [0.05, 0.1) is 11.1 Å². The van der Waals surface area contributed by atoms with Crippen molar-refractivity contribution in [1.29, 1.82) is 0 Å². The summed E-state index contributed by atoms with van der Waals surface area (Å²) < 4.78 is 2.54. The lowest BCUT2D eigenvalue weighted by atomic mass is 10.2. The highest BCUT2D eigenvalue weighted by Gasteiger charge is 2.23. The summed E-state index contributed by atoms with van der Waals surface area (Å²) in [6.45, 7) is 2.84. The predicted octanol–water partition coefficient (Wildman–Crippen LogP) is 3.46. The van der Waals surface area contributed by atoms with Crippen molar-refractivity contribution in [1.82, 2.24) is 14.3 Å². The van der Waals surface area contributed by atoms with Crippen molar-refractivity contribution in [2.24, 2.45) is 0 Å². The zero-order valence-electron chi connectivity index (χ0n) is 14.9. The quantitative estimate of drug-likeness (QED) is 0.548. The third-order valence-corrected chi connectivity index (χ3v) is 6.33. The second-order valence-corrected chi connectivity index (χ2v) is 8.18. The molecule has 0 aliphatic carbocycles. The van der Waals surface area contributed by atoms with E-state index in [1.54, 1.807) is 6.07 Å². The molecule has 0 unspecified atom stereocenters. The number of benzene rings is 1. The van der Waals surface area contributed by atoms with E-state index in [0.717, 1.165) is 29.3 Å². The van der Waals surface area contributed by atoms with Crippen molar-refractivity contribution in [3.63, 3.8) is 0 Å². The highest BCUT2D eigenvalue weighted by Crippen LogP contribution is 2.22. The topological polar surface area (TPSA) is 60.8 Å². The van der Waals surface area contributed by atoms with E-state index < -0.39 is 0 Å². The van der Waals surface area contributed by atoms with E-state index in [2.05, 4.69) is 9.88 Å². The SMILES string of the molecule is O=C(c1cc2[nH]c(=O)c3sccc3n2c1)N1CCN(c2ccc(Cl)cc2)CC1. The molecule has 1 fully saturated rings. The molecule has 0 spiro atoms. The van der Waals surface area contributed by atoms with Gasteiger partial charge in [-0.3, -0.25) is 9.59 Å². The number of aromatic nitrogens is 2. The number of hydrogen-bond donors (Lipinski definition) is 1. The molecule has 4 heterocycles. The number of piperazine rings is 1. The Hall–Kier alpha value is -2.77. The zero-order valence-corrected chi connectivity index (χ0v) is 16.5. The molecule has 142 valence electrons. The van der Waals surface area contributed by atoms with Gasteiger partial charge in [-0.15, -0.1) is 11.3 Å². The van der Waals surface area contributed by atoms with Crippen LogP contribution in [-0.4, -0.2) is 46.4 Å². The third-order valence-electron chi connectivity index (χ3n) is 5.18. The molecule has 0 radical (unpaired) electrons. The van der Waals surface area contributed by atoms with E-state index in [1.807, 2.05) is 51.2 Å². The van der Waals surface area contributed by atoms with Gasteiger partial charge >= 0.3 is 0 Å². The molecule has 1 aromatic carbocycles. The maximum atomic E-state index is 13.0. The molecule has 0 saturated carbocycles. The first-order valence-corrected chi connectivity index (χ1v) is 10.3. The minimum absolute atomic E-state index is 0.0105. The van der Waals surface area contributed by atoms with Gasteiger partial charge in [0.2, 0.25) is 0 Å². The second-order valence-electron chi connectivity index (χ2n) is 6.83. The number of aromatic amines is 1. The summed E-state index contributed by atoms with van der Waals surface area (Å²) in [6, 6.07) is 11.4. The number of nitrogens with one attached hydrogen (secondary N) is 1. The van der Waals surface area contributed by atoms with E-state index in [1.165, 1.54) is 11.3 Å². The van der Waals surface area contributed by atoms with Crippen LogP contribution < -0.4 is 10.5 Å². The lowest BCUT2D eigenvalue weighted by Crippen LogP contribution is -2.48. The first-order chi connectivity index (χ1) is 13.6. The Kier molecular flexibility index (Phi) is 4.14. The lowest BCUT2D eigenvalue weighted by molar-refractivity contribution is 0.0747. The molecule has 0 bridgehead atoms. The molecule has 8 heteroatoms. The van der Waals surface area contributed by atoms with E-state index in [9.17, 15) is 9.59 Å². The number of carbonyl (C=O) groups is 1. The van der Waals surface area contributed by atoms with E-state index >= 15 is 0 Å². The summed E-state index contributed by atoms with van der Waals surface area (Å²) in [5.74, 6) is -0.0105. The fourth-order valence-corrected chi connectivity index (χ4v) is 4.62. The summed E-state index contributed by atoms with van der Waals surface area (Å²) in [5, 5.41) is 2.60. The molecule has 4 aromatic rings. The Labute approximate surface area is 169 Å². The summed E-state index contributed by atoms with van der Waals surface area (Å²) in [4.78, 5) is 32.1. The highest BCUT2D eigenvalue weighted by molar-refractivity contribution is 7.17. The molecule has 3 aromatic heterocycles. The number of anilines is 1. The summed E-state index contributed by atoms with van der Waals surface area (Å²) >= 11 is 7.36. The van der Waals surface area contributed by atoms with Crippen LogP contribution in [0.3, 0.4) is 0 Å². The molecule has 5 rings (SSSR count). The Morgan fingerprint density at radius 3 is 2.57 bits per heavy atom. The highest BCUT2D eigenvalue weighted by atomic mass is 35.5. The van der Waals surface area contributed by atoms with Gasteiger partial charge in [0.25, 0.3) is 11.5 Å². The lowest BCUT2D eigenvalue weighted by Gasteiger charge is -2.36. The van der Waals surface area contributed by atoms with Crippen LogP contribution in [0.5, 0.6) is 0 Å². The summed E-state index contributed by atoms with van der Waals surface area (Å²) in [6.07, 6.45) is 1.81. The van der Waals surface area contributed by atoms with Gasteiger partial charge in [0.1, 0.15) is 10.3 Å². The molecule has 1 amide bonds. The number of amides is 1. The van der Waals surface area contributed by atoms with Crippen molar-refractivity contribution in [3.8, 4) is 0 Å². The van der Waals surface area contributed by atoms with E-state index in [-0.39, 0.29) is 11.5 Å². The Morgan fingerprint density at radius 1 is 1.07 bits per heavy atom. The van der Waals surface area contributed by atoms with Gasteiger partial charge in [-0.05, 0) is 41.8 Å². The molecule has 1 saturated heterocycles. The molecular weight excluding hydrogens is 396 g/mol. The van der Waals surface area contributed by atoms with Crippen LogP contribution in [0.15, 0.2) is 52.8 Å². The number of nitrogens with zero attached hydrogens (tertiary/aromatic N) is 3. The number of fused-ring (bicyclic) bond motifs is 3. The zero-order chi connectivity index (χ0) is 19.3. The first-order valence-electron chi connectivity index (χ1n) is 9.01. The molecule has 0 atom stereocenters. The fraction of sp³-hybridized carbons (Fsp3) is 0.200. The number of halogens is 1.